The molecule has 3 N–H and O–H groups in total. The molecule has 108 valence electrons. The summed E-state index contributed by atoms with van der Waals surface area (Å²) in [4.78, 5) is 22.1. The minimum Gasteiger partial charge on any atom is -0.436 e. The molecule has 2 unspecified atom stereocenters. The monoisotopic (exact) mass is 288 g/mol. The predicted molar refractivity (Wildman–Crippen MR) is 61.1 cm³/mol. The van der Waals surface area contributed by atoms with Gasteiger partial charge >= 0.3 is 6.09 Å². The van der Waals surface area contributed by atoms with Gasteiger partial charge in [0.05, 0.1) is 0 Å². The molecule has 5 nitrogen and oxygen atoms in total. The van der Waals surface area contributed by atoms with Crippen molar-refractivity contribution >= 4 is 12.0 Å². The first-order valence-electron chi connectivity index (χ1n) is 5.77. The summed E-state index contributed by atoms with van der Waals surface area (Å²) in [7, 11) is 0. The Balaban J connectivity index is 2.28. The Labute approximate surface area is 111 Å². The number of piperidine rings is 1. The van der Waals surface area contributed by atoms with Gasteiger partial charge in [0.1, 0.15) is 5.82 Å². The summed E-state index contributed by atoms with van der Waals surface area (Å²) < 4.78 is 45.0. The Morgan fingerprint density at radius 2 is 1.95 bits per heavy atom. The molecule has 2 atom stereocenters. The van der Waals surface area contributed by atoms with Crippen LogP contribution in [-0.2, 0) is 9.53 Å². The van der Waals surface area contributed by atoms with Gasteiger partial charge in [-0.3, -0.25) is 4.79 Å². The molecule has 0 aliphatic carbocycles. The normalized spacial score (nSPS) is 22.2. The fourth-order valence-corrected chi connectivity index (χ4v) is 2.17. The summed E-state index contributed by atoms with van der Waals surface area (Å²) in [5.41, 5.74) is 4.32. The first-order valence-corrected chi connectivity index (χ1v) is 5.77. The summed E-state index contributed by atoms with van der Waals surface area (Å²) in [5.74, 6) is -4.90. The highest BCUT2D eigenvalue weighted by Gasteiger charge is 2.35. The van der Waals surface area contributed by atoms with E-state index in [4.69, 9.17) is 5.73 Å². The smallest absolute Gasteiger partial charge is 0.405 e. The fourth-order valence-electron chi connectivity index (χ4n) is 2.17. The lowest BCUT2D eigenvalue weighted by Gasteiger charge is -2.29. The molecule has 1 fully saturated rings. The number of carbonyl (C=O) groups excluding carboxylic acids is 2. The Hall–Kier alpha value is -2.25. The highest BCUT2D eigenvalue weighted by Crippen LogP contribution is 2.30. The summed E-state index contributed by atoms with van der Waals surface area (Å²) in [6, 6.07) is 1.47. The lowest BCUT2D eigenvalue weighted by Crippen LogP contribution is -2.47. The number of hydrogen-bond acceptors (Lipinski definition) is 3. The van der Waals surface area contributed by atoms with Crippen molar-refractivity contribution in [1.29, 1.82) is 0 Å². The van der Waals surface area contributed by atoms with Gasteiger partial charge in [-0.05, 0) is 12.1 Å². The van der Waals surface area contributed by atoms with Crippen LogP contribution in [0, 0.1) is 17.5 Å². The van der Waals surface area contributed by atoms with Crippen LogP contribution in [0.5, 0.6) is 0 Å². The molecule has 0 saturated carbocycles. The van der Waals surface area contributed by atoms with Crippen LogP contribution in [0.25, 0.3) is 0 Å². The first kappa shape index (κ1) is 14.2. The van der Waals surface area contributed by atoms with Crippen molar-refractivity contribution < 1.29 is 27.5 Å². The number of carbonyl (C=O) groups is 2. The lowest BCUT2D eigenvalue weighted by atomic mass is 9.89. The third-order valence-electron chi connectivity index (χ3n) is 3.06. The van der Waals surface area contributed by atoms with Crippen molar-refractivity contribution in [2.24, 2.45) is 5.73 Å². The van der Waals surface area contributed by atoms with Crippen LogP contribution in [0.1, 0.15) is 17.9 Å². The molecule has 1 saturated heterocycles. The van der Waals surface area contributed by atoms with Crippen LogP contribution in [0.15, 0.2) is 12.1 Å². The lowest BCUT2D eigenvalue weighted by molar-refractivity contribution is -0.132. The number of nitrogens with one attached hydrogen (secondary N) is 1. The van der Waals surface area contributed by atoms with Gasteiger partial charge < -0.3 is 15.8 Å². The maximum Gasteiger partial charge on any atom is 0.405 e. The minimum atomic E-state index is -1.32. The molecule has 8 heteroatoms. The molecule has 0 bridgehead atoms. The van der Waals surface area contributed by atoms with Crippen molar-refractivity contribution in [3.05, 3.63) is 35.1 Å². The number of halogens is 3. The summed E-state index contributed by atoms with van der Waals surface area (Å²) in [6.45, 7) is -0.0885. The number of primary amides is 1. The van der Waals surface area contributed by atoms with Gasteiger partial charge in [-0.15, -0.1) is 0 Å². The largest absolute Gasteiger partial charge is 0.436 e. The second kappa shape index (κ2) is 5.40. The van der Waals surface area contributed by atoms with E-state index >= 15 is 0 Å². The average Bonchev–Trinajstić information content (AvgIpc) is 2.37. The van der Waals surface area contributed by atoms with E-state index in [-0.39, 0.29) is 13.0 Å². The fraction of sp³-hybridized carbons (Fsp3) is 0.333. The van der Waals surface area contributed by atoms with Crippen molar-refractivity contribution in [2.75, 3.05) is 6.54 Å². The Bertz CT molecular complexity index is 565. The van der Waals surface area contributed by atoms with E-state index < -0.39 is 47.0 Å². The van der Waals surface area contributed by atoms with Crippen LogP contribution in [0.4, 0.5) is 18.0 Å². The van der Waals surface area contributed by atoms with E-state index in [0.717, 1.165) is 6.07 Å². The van der Waals surface area contributed by atoms with Crippen LogP contribution in [0.2, 0.25) is 0 Å². The number of ether oxygens (including phenoxy) is 1. The molecule has 20 heavy (non-hydrogen) atoms. The van der Waals surface area contributed by atoms with Crippen molar-refractivity contribution in [3.8, 4) is 0 Å². The SMILES string of the molecule is NC(=O)OC1CC(c2c(F)ccc(F)c2F)CNC1=O. The van der Waals surface area contributed by atoms with Gasteiger partial charge in [0.15, 0.2) is 17.7 Å². The number of amides is 2. The molecule has 0 aromatic heterocycles. The summed E-state index contributed by atoms with van der Waals surface area (Å²) in [5, 5.41) is 2.33. The van der Waals surface area contributed by atoms with Crippen molar-refractivity contribution in [3.63, 3.8) is 0 Å². The Kier molecular flexibility index (Phi) is 3.82. The standard InChI is InChI=1S/C12H11F3N2O3/c13-6-1-2-7(14)10(15)9(6)5-3-8(20-12(16)19)11(18)17-4-5/h1-2,5,8H,3-4H2,(H2,16,19)(H,17,18). The van der Waals surface area contributed by atoms with Gasteiger partial charge in [0.25, 0.3) is 5.91 Å². The third kappa shape index (κ3) is 2.68. The van der Waals surface area contributed by atoms with Gasteiger partial charge in [0, 0.05) is 24.4 Å². The Morgan fingerprint density at radius 3 is 2.60 bits per heavy atom. The maximum absolute atomic E-state index is 13.7. The van der Waals surface area contributed by atoms with Crippen molar-refractivity contribution in [1.82, 2.24) is 5.32 Å². The maximum atomic E-state index is 13.7. The predicted octanol–water partition coefficient (Wildman–Crippen LogP) is 1.17. The van der Waals surface area contributed by atoms with E-state index in [9.17, 15) is 22.8 Å². The van der Waals surface area contributed by atoms with E-state index in [2.05, 4.69) is 10.1 Å². The summed E-state index contributed by atoms with van der Waals surface area (Å²) in [6.07, 6.45) is -2.61. The molecular weight excluding hydrogens is 277 g/mol. The first-order chi connectivity index (χ1) is 9.40. The summed E-state index contributed by atoms with van der Waals surface area (Å²) >= 11 is 0. The second-order valence-electron chi connectivity index (χ2n) is 4.36. The highest BCUT2D eigenvalue weighted by molar-refractivity contribution is 5.84. The van der Waals surface area contributed by atoms with E-state index in [1.807, 2.05) is 0 Å². The third-order valence-corrected chi connectivity index (χ3v) is 3.06. The molecule has 1 heterocycles. The van der Waals surface area contributed by atoms with E-state index in [1.165, 1.54) is 0 Å². The van der Waals surface area contributed by atoms with Crippen LogP contribution < -0.4 is 11.1 Å². The van der Waals surface area contributed by atoms with Gasteiger partial charge in [-0.25, -0.2) is 18.0 Å². The molecule has 2 rings (SSSR count). The molecule has 1 aliphatic heterocycles. The van der Waals surface area contributed by atoms with E-state index in [1.54, 1.807) is 0 Å². The highest BCUT2D eigenvalue weighted by atomic mass is 19.2. The topological polar surface area (TPSA) is 81.4 Å². The number of rotatable bonds is 2. The molecule has 2 amide bonds. The number of benzene rings is 1. The number of nitrogens with two attached hydrogens (primary N) is 1. The van der Waals surface area contributed by atoms with Crippen LogP contribution in [-0.4, -0.2) is 24.6 Å². The van der Waals surface area contributed by atoms with Crippen LogP contribution >= 0.6 is 0 Å². The van der Waals surface area contributed by atoms with Crippen LogP contribution in [0.3, 0.4) is 0 Å². The molecule has 1 aliphatic rings. The molecule has 1 aromatic rings. The Morgan fingerprint density at radius 1 is 1.30 bits per heavy atom. The van der Waals surface area contributed by atoms with Gasteiger partial charge in [-0.2, -0.15) is 0 Å². The molecular formula is C12H11F3N2O3. The zero-order chi connectivity index (χ0) is 14.9. The zero-order valence-corrected chi connectivity index (χ0v) is 10.2. The average molecular weight is 288 g/mol. The quantitative estimate of drug-likeness (QED) is 0.802. The molecule has 0 radical (unpaired) electrons. The van der Waals surface area contributed by atoms with E-state index in [0.29, 0.717) is 6.07 Å². The molecule has 1 aromatic carbocycles. The van der Waals surface area contributed by atoms with Gasteiger partial charge in [-0.1, -0.05) is 0 Å². The number of hydrogen-bond donors (Lipinski definition) is 2. The second-order valence-corrected chi connectivity index (χ2v) is 4.36. The van der Waals surface area contributed by atoms with Gasteiger partial charge in [0.2, 0.25) is 0 Å². The molecule has 0 spiro atoms. The zero-order valence-electron chi connectivity index (χ0n) is 10.2. The minimum absolute atomic E-state index is 0.0885. The van der Waals surface area contributed by atoms with Crippen molar-refractivity contribution in [2.45, 2.75) is 18.4 Å².